The van der Waals surface area contributed by atoms with Gasteiger partial charge in [0.2, 0.25) is 0 Å². The molecule has 2 rings (SSSR count). The fourth-order valence-electron chi connectivity index (χ4n) is 1.90. The molecule has 0 N–H and O–H groups in total. The summed E-state index contributed by atoms with van der Waals surface area (Å²) in [6.45, 7) is 7.69. The first-order valence-electron chi connectivity index (χ1n) is 6.00. The lowest BCUT2D eigenvalue weighted by atomic mass is 10.2. The first kappa shape index (κ1) is 12.6. The zero-order valence-corrected chi connectivity index (χ0v) is 11.2. The van der Waals surface area contributed by atoms with Crippen molar-refractivity contribution in [3.05, 3.63) is 30.1 Å². The summed E-state index contributed by atoms with van der Waals surface area (Å²) in [7, 11) is 0. The fourth-order valence-corrected chi connectivity index (χ4v) is 1.90. The van der Waals surface area contributed by atoms with Crippen LogP contribution in [0.5, 0.6) is 0 Å². The van der Waals surface area contributed by atoms with Crippen LogP contribution >= 0.6 is 0 Å². The van der Waals surface area contributed by atoms with Crippen molar-refractivity contribution in [2.75, 3.05) is 0 Å². The molecular weight excluding hydrogens is 228 g/mol. The standard InChI is InChI=1S/C14H18N2O2/c1-10-15-11-7-5-6-8-12(11)16(10)9-13(17)18-14(2,3)4/h5-8H,9H2,1-4H3. The van der Waals surface area contributed by atoms with Crippen LogP contribution in [0, 0.1) is 6.92 Å². The summed E-state index contributed by atoms with van der Waals surface area (Å²) in [5.74, 6) is 0.579. The topological polar surface area (TPSA) is 44.1 Å². The van der Waals surface area contributed by atoms with Crippen molar-refractivity contribution in [3.8, 4) is 0 Å². The molecule has 0 radical (unpaired) electrons. The van der Waals surface area contributed by atoms with Gasteiger partial charge < -0.3 is 9.30 Å². The highest BCUT2D eigenvalue weighted by Gasteiger charge is 2.18. The van der Waals surface area contributed by atoms with E-state index in [9.17, 15) is 4.79 Å². The zero-order chi connectivity index (χ0) is 13.3. The summed E-state index contributed by atoms with van der Waals surface area (Å²) in [6.07, 6.45) is 0. The Morgan fingerprint density at radius 2 is 2.00 bits per heavy atom. The maximum Gasteiger partial charge on any atom is 0.326 e. The number of ether oxygens (including phenoxy) is 1. The quantitative estimate of drug-likeness (QED) is 0.765. The van der Waals surface area contributed by atoms with Crippen LogP contribution in [0.2, 0.25) is 0 Å². The summed E-state index contributed by atoms with van der Waals surface area (Å²) in [4.78, 5) is 16.3. The van der Waals surface area contributed by atoms with Crippen molar-refractivity contribution in [1.29, 1.82) is 0 Å². The third kappa shape index (κ3) is 2.70. The van der Waals surface area contributed by atoms with E-state index in [0.29, 0.717) is 0 Å². The predicted molar refractivity (Wildman–Crippen MR) is 70.3 cm³/mol. The summed E-state index contributed by atoms with van der Waals surface area (Å²) in [6, 6.07) is 7.77. The van der Waals surface area contributed by atoms with Crippen LogP contribution in [-0.4, -0.2) is 21.1 Å². The number of imidazole rings is 1. The summed E-state index contributed by atoms with van der Waals surface area (Å²) >= 11 is 0. The second-order valence-corrected chi connectivity index (χ2v) is 5.32. The third-order valence-corrected chi connectivity index (χ3v) is 2.55. The SMILES string of the molecule is Cc1nc2ccccc2n1CC(=O)OC(C)(C)C. The van der Waals surface area contributed by atoms with Gasteiger partial charge in [0, 0.05) is 0 Å². The maximum absolute atomic E-state index is 11.9. The van der Waals surface area contributed by atoms with Gasteiger partial charge in [-0.3, -0.25) is 4.79 Å². The number of rotatable bonds is 2. The van der Waals surface area contributed by atoms with Crippen LogP contribution in [0.1, 0.15) is 26.6 Å². The normalized spacial score (nSPS) is 11.8. The van der Waals surface area contributed by atoms with Gasteiger partial charge in [-0.2, -0.15) is 0 Å². The Balaban J connectivity index is 2.27. The van der Waals surface area contributed by atoms with E-state index in [1.807, 2.05) is 56.5 Å². The molecule has 0 aliphatic rings. The van der Waals surface area contributed by atoms with Crippen LogP contribution in [-0.2, 0) is 16.1 Å². The van der Waals surface area contributed by atoms with E-state index < -0.39 is 5.60 Å². The van der Waals surface area contributed by atoms with Gasteiger partial charge in [-0.15, -0.1) is 0 Å². The lowest BCUT2D eigenvalue weighted by Gasteiger charge is -2.20. The van der Waals surface area contributed by atoms with E-state index in [1.165, 1.54) is 0 Å². The Morgan fingerprint density at radius 1 is 1.33 bits per heavy atom. The smallest absolute Gasteiger partial charge is 0.326 e. The molecule has 0 atom stereocenters. The second-order valence-electron chi connectivity index (χ2n) is 5.32. The number of fused-ring (bicyclic) bond motifs is 1. The molecule has 18 heavy (non-hydrogen) atoms. The van der Waals surface area contributed by atoms with Gasteiger partial charge in [0.05, 0.1) is 11.0 Å². The molecule has 1 heterocycles. The highest BCUT2D eigenvalue weighted by molar-refractivity contribution is 5.78. The average Bonchev–Trinajstić information content (AvgIpc) is 2.53. The number of aryl methyl sites for hydroxylation is 1. The summed E-state index contributed by atoms with van der Waals surface area (Å²) in [5.41, 5.74) is 1.40. The van der Waals surface area contributed by atoms with Gasteiger partial charge in [0.25, 0.3) is 0 Å². The third-order valence-electron chi connectivity index (χ3n) is 2.55. The lowest BCUT2D eigenvalue weighted by molar-refractivity contribution is -0.155. The Bertz CT molecular complexity index is 579. The van der Waals surface area contributed by atoms with E-state index in [-0.39, 0.29) is 12.5 Å². The van der Waals surface area contributed by atoms with Crippen LogP contribution in [0.4, 0.5) is 0 Å². The van der Waals surface area contributed by atoms with Crippen molar-refractivity contribution in [2.45, 2.75) is 39.8 Å². The molecule has 4 heteroatoms. The number of aromatic nitrogens is 2. The number of hydrogen-bond donors (Lipinski definition) is 0. The molecule has 0 bridgehead atoms. The molecule has 96 valence electrons. The molecule has 0 aliphatic carbocycles. The minimum atomic E-state index is -0.457. The van der Waals surface area contributed by atoms with Crippen molar-refractivity contribution in [2.24, 2.45) is 0 Å². The van der Waals surface area contributed by atoms with E-state index in [4.69, 9.17) is 4.74 Å². The molecule has 0 spiro atoms. The molecular formula is C14H18N2O2. The Labute approximate surface area is 107 Å². The largest absolute Gasteiger partial charge is 0.459 e. The number of esters is 1. The number of nitrogens with zero attached hydrogens (tertiary/aromatic N) is 2. The van der Waals surface area contributed by atoms with E-state index in [2.05, 4.69) is 4.98 Å². The van der Waals surface area contributed by atoms with Crippen molar-refractivity contribution in [1.82, 2.24) is 9.55 Å². The van der Waals surface area contributed by atoms with E-state index in [0.717, 1.165) is 16.9 Å². The molecule has 1 aromatic heterocycles. The van der Waals surface area contributed by atoms with Crippen LogP contribution in [0.15, 0.2) is 24.3 Å². The molecule has 0 amide bonds. The van der Waals surface area contributed by atoms with Gasteiger partial charge in [-0.25, -0.2) is 4.98 Å². The van der Waals surface area contributed by atoms with Crippen molar-refractivity contribution < 1.29 is 9.53 Å². The highest BCUT2D eigenvalue weighted by atomic mass is 16.6. The lowest BCUT2D eigenvalue weighted by Crippen LogP contribution is -2.26. The number of hydrogen-bond acceptors (Lipinski definition) is 3. The first-order valence-corrected chi connectivity index (χ1v) is 6.00. The Hall–Kier alpha value is -1.84. The molecule has 4 nitrogen and oxygen atoms in total. The second kappa shape index (κ2) is 4.44. The number of benzene rings is 1. The zero-order valence-electron chi connectivity index (χ0n) is 11.2. The minimum absolute atomic E-state index is 0.198. The Kier molecular flexibility index (Phi) is 3.11. The van der Waals surface area contributed by atoms with Gasteiger partial charge in [0.15, 0.2) is 0 Å². The first-order chi connectivity index (χ1) is 8.37. The predicted octanol–water partition coefficient (Wildman–Crippen LogP) is 2.69. The van der Waals surface area contributed by atoms with Gasteiger partial charge in [0.1, 0.15) is 18.0 Å². The van der Waals surface area contributed by atoms with Crippen molar-refractivity contribution in [3.63, 3.8) is 0 Å². The van der Waals surface area contributed by atoms with Gasteiger partial charge in [-0.1, -0.05) is 12.1 Å². The Morgan fingerprint density at radius 3 is 2.67 bits per heavy atom. The summed E-state index contributed by atoms with van der Waals surface area (Å²) in [5, 5.41) is 0. The van der Waals surface area contributed by atoms with Crippen LogP contribution in [0.3, 0.4) is 0 Å². The van der Waals surface area contributed by atoms with E-state index in [1.54, 1.807) is 0 Å². The maximum atomic E-state index is 11.9. The fraction of sp³-hybridized carbons (Fsp3) is 0.429. The van der Waals surface area contributed by atoms with Crippen LogP contribution in [0.25, 0.3) is 11.0 Å². The van der Waals surface area contributed by atoms with E-state index >= 15 is 0 Å². The molecule has 2 aromatic rings. The molecule has 0 saturated carbocycles. The molecule has 0 aliphatic heterocycles. The molecule has 1 aromatic carbocycles. The van der Waals surface area contributed by atoms with Gasteiger partial charge in [-0.05, 0) is 39.8 Å². The molecule has 0 unspecified atom stereocenters. The van der Waals surface area contributed by atoms with Crippen molar-refractivity contribution >= 4 is 17.0 Å². The monoisotopic (exact) mass is 246 g/mol. The molecule has 0 saturated heterocycles. The van der Waals surface area contributed by atoms with Crippen LogP contribution < -0.4 is 0 Å². The number of para-hydroxylation sites is 2. The minimum Gasteiger partial charge on any atom is -0.459 e. The number of carbonyl (C=O) groups excluding carboxylic acids is 1. The number of carbonyl (C=O) groups is 1. The van der Waals surface area contributed by atoms with Gasteiger partial charge >= 0.3 is 5.97 Å². The highest BCUT2D eigenvalue weighted by Crippen LogP contribution is 2.16. The summed E-state index contributed by atoms with van der Waals surface area (Å²) < 4.78 is 7.21. The molecule has 0 fully saturated rings. The average molecular weight is 246 g/mol.